The highest BCUT2D eigenvalue weighted by Gasteiger charge is 2.24. The van der Waals surface area contributed by atoms with Gasteiger partial charge in [-0.15, -0.1) is 0 Å². The van der Waals surface area contributed by atoms with Crippen molar-refractivity contribution in [2.45, 2.75) is 26.2 Å². The van der Waals surface area contributed by atoms with E-state index in [2.05, 4.69) is 21.7 Å². The molecule has 0 amide bonds. The SMILES string of the molecule is CC1CCN(C(N)=NCC2CCN(c3ccc(F)c(F)c3)C2)CC1. The Labute approximate surface area is 142 Å². The summed E-state index contributed by atoms with van der Waals surface area (Å²) < 4.78 is 26.4. The molecule has 1 aromatic carbocycles. The molecule has 1 unspecified atom stereocenters. The van der Waals surface area contributed by atoms with E-state index in [1.807, 2.05) is 0 Å². The molecule has 0 spiro atoms. The molecule has 2 saturated heterocycles. The normalized spacial score (nSPS) is 23.1. The highest BCUT2D eigenvalue weighted by atomic mass is 19.2. The van der Waals surface area contributed by atoms with Crippen molar-refractivity contribution in [2.75, 3.05) is 37.6 Å². The Morgan fingerprint density at radius 1 is 1.17 bits per heavy atom. The molecule has 6 heteroatoms. The van der Waals surface area contributed by atoms with Crippen LogP contribution in [0.3, 0.4) is 0 Å². The van der Waals surface area contributed by atoms with Crippen LogP contribution >= 0.6 is 0 Å². The van der Waals surface area contributed by atoms with Crippen LogP contribution in [-0.4, -0.2) is 43.6 Å². The summed E-state index contributed by atoms with van der Waals surface area (Å²) >= 11 is 0. The maximum Gasteiger partial charge on any atom is 0.191 e. The number of halogens is 2. The third-order valence-electron chi connectivity index (χ3n) is 5.17. The molecule has 2 aliphatic heterocycles. The predicted molar refractivity (Wildman–Crippen MR) is 93.1 cm³/mol. The molecule has 2 aliphatic rings. The van der Waals surface area contributed by atoms with Gasteiger partial charge in [-0.1, -0.05) is 6.92 Å². The average molecular weight is 336 g/mol. The Bertz CT molecular complexity index is 597. The summed E-state index contributed by atoms with van der Waals surface area (Å²) in [6.07, 6.45) is 3.33. The Morgan fingerprint density at radius 3 is 2.62 bits per heavy atom. The number of hydrogen-bond acceptors (Lipinski definition) is 2. The van der Waals surface area contributed by atoms with Crippen molar-refractivity contribution >= 4 is 11.6 Å². The molecule has 24 heavy (non-hydrogen) atoms. The van der Waals surface area contributed by atoms with E-state index in [9.17, 15) is 8.78 Å². The molecule has 0 radical (unpaired) electrons. The fraction of sp³-hybridized carbons (Fsp3) is 0.611. The second-order valence-electron chi connectivity index (χ2n) is 7.07. The predicted octanol–water partition coefficient (Wildman–Crippen LogP) is 2.84. The van der Waals surface area contributed by atoms with Crippen molar-refractivity contribution in [2.24, 2.45) is 22.6 Å². The van der Waals surface area contributed by atoms with Crippen molar-refractivity contribution in [1.82, 2.24) is 4.90 Å². The van der Waals surface area contributed by atoms with Crippen LogP contribution in [0.4, 0.5) is 14.5 Å². The molecule has 1 aromatic rings. The van der Waals surface area contributed by atoms with Gasteiger partial charge in [-0.2, -0.15) is 0 Å². The molecule has 0 aliphatic carbocycles. The molecular formula is C18H26F2N4. The number of hydrogen-bond donors (Lipinski definition) is 1. The maximum absolute atomic E-state index is 13.4. The van der Waals surface area contributed by atoms with Crippen molar-refractivity contribution in [1.29, 1.82) is 0 Å². The number of rotatable bonds is 3. The van der Waals surface area contributed by atoms with Crippen LogP contribution in [0.1, 0.15) is 26.2 Å². The molecule has 0 bridgehead atoms. The van der Waals surface area contributed by atoms with Gasteiger partial charge in [-0.05, 0) is 43.2 Å². The minimum atomic E-state index is -0.803. The van der Waals surface area contributed by atoms with E-state index < -0.39 is 11.6 Å². The summed E-state index contributed by atoms with van der Waals surface area (Å²) in [4.78, 5) is 8.83. The zero-order valence-electron chi connectivity index (χ0n) is 14.2. The lowest BCUT2D eigenvalue weighted by atomic mass is 10.00. The fourth-order valence-electron chi connectivity index (χ4n) is 3.46. The summed E-state index contributed by atoms with van der Waals surface area (Å²) in [5.41, 5.74) is 6.86. The fourth-order valence-corrected chi connectivity index (χ4v) is 3.46. The molecule has 132 valence electrons. The van der Waals surface area contributed by atoms with Crippen LogP contribution in [0.15, 0.2) is 23.2 Å². The van der Waals surface area contributed by atoms with Gasteiger partial charge in [0.2, 0.25) is 0 Å². The Morgan fingerprint density at radius 2 is 1.92 bits per heavy atom. The van der Waals surface area contributed by atoms with Gasteiger partial charge in [0.05, 0.1) is 0 Å². The van der Waals surface area contributed by atoms with Gasteiger partial charge in [0, 0.05) is 44.5 Å². The Balaban J connectivity index is 1.52. The number of anilines is 1. The summed E-state index contributed by atoms with van der Waals surface area (Å²) in [7, 11) is 0. The van der Waals surface area contributed by atoms with Crippen molar-refractivity contribution < 1.29 is 8.78 Å². The van der Waals surface area contributed by atoms with Gasteiger partial charge in [-0.3, -0.25) is 4.99 Å². The molecule has 0 aromatic heterocycles. The molecule has 0 saturated carbocycles. The first-order valence-electron chi connectivity index (χ1n) is 8.78. The van der Waals surface area contributed by atoms with Gasteiger partial charge in [0.15, 0.2) is 17.6 Å². The number of guanidine groups is 1. The van der Waals surface area contributed by atoms with E-state index >= 15 is 0 Å². The standard InChI is InChI=1S/C18H26F2N4/c1-13-4-7-23(8-5-13)18(21)22-11-14-6-9-24(12-14)15-2-3-16(19)17(20)10-15/h2-3,10,13-14H,4-9,11-12H2,1H3,(H2,21,22). The zero-order valence-corrected chi connectivity index (χ0v) is 14.2. The first-order valence-corrected chi connectivity index (χ1v) is 8.78. The second-order valence-corrected chi connectivity index (χ2v) is 7.07. The lowest BCUT2D eigenvalue weighted by Gasteiger charge is -2.31. The number of nitrogens with zero attached hydrogens (tertiary/aromatic N) is 3. The molecular weight excluding hydrogens is 310 g/mol. The quantitative estimate of drug-likeness (QED) is 0.682. The first-order chi connectivity index (χ1) is 11.5. The molecule has 2 fully saturated rings. The van der Waals surface area contributed by atoms with E-state index in [-0.39, 0.29) is 0 Å². The van der Waals surface area contributed by atoms with Crippen LogP contribution in [0.5, 0.6) is 0 Å². The third kappa shape index (κ3) is 3.97. The number of nitrogens with two attached hydrogens (primary N) is 1. The monoisotopic (exact) mass is 336 g/mol. The van der Waals surface area contributed by atoms with Gasteiger partial charge in [-0.25, -0.2) is 8.78 Å². The number of benzene rings is 1. The Hall–Kier alpha value is -1.85. The zero-order chi connectivity index (χ0) is 17.1. The molecule has 1 atom stereocenters. The summed E-state index contributed by atoms with van der Waals surface area (Å²) in [5.74, 6) is 0.224. The largest absolute Gasteiger partial charge is 0.371 e. The smallest absolute Gasteiger partial charge is 0.191 e. The van der Waals surface area contributed by atoms with Gasteiger partial charge in [0.25, 0.3) is 0 Å². The lowest BCUT2D eigenvalue weighted by Crippen LogP contribution is -2.42. The summed E-state index contributed by atoms with van der Waals surface area (Å²) in [5, 5.41) is 0. The number of likely N-dealkylation sites (tertiary alicyclic amines) is 1. The van der Waals surface area contributed by atoms with Crippen LogP contribution in [0.2, 0.25) is 0 Å². The maximum atomic E-state index is 13.4. The summed E-state index contributed by atoms with van der Waals surface area (Å²) in [6.45, 7) is 6.59. The molecule has 4 nitrogen and oxygen atoms in total. The van der Waals surface area contributed by atoms with Crippen LogP contribution < -0.4 is 10.6 Å². The topological polar surface area (TPSA) is 44.9 Å². The number of piperidine rings is 1. The molecule has 2 N–H and O–H groups in total. The van der Waals surface area contributed by atoms with Gasteiger partial charge >= 0.3 is 0 Å². The third-order valence-corrected chi connectivity index (χ3v) is 5.17. The van der Waals surface area contributed by atoms with Gasteiger partial charge in [0.1, 0.15) is 0 Å². The first kappa shape index (κ1) is 17.0. The molecule has 3 rings (SSSR count). The van der Waals surface area contributed by atoms with Crippen LogP contribution in [-0.2, 0) is 0 Å². The van der Waals surface area contributed by atoms with Crippen molar-refractivity contribution in [3.8, 4) is 0 Å². The second kappa shape index (κ2) is 7.36. The van der Waals surface area contributed by atoms with Crippen LogP contribution in [0.25, 0.3) is 0 Å². The Kier molecular flexibility index (Phi) is 5.21. The van der Waals surface area contributed by atoms with E-state index in [4.69, 9.17) is 5.73 Å². The van der Waals surface area contributed by atoms with E-state index in [1.54, 1.807) is 6.07 Å². The highest BCUT2D eigenvalue weighted by molar-refractivity contribution is 5.78. The van der Waals surface area contributed by atoms with Crippen molar-refractivity contribution in [3.63, 3.8) is 0 Å². The molecule has 2 heterocycles. The van der Waals surface area contributed by atoms with E-state index in [0.29, 0.717) is 18.4 Å². The summed E-state index contributed by atoms with van der Waals surface area (Å²) in [6, 6.07) is 4.09. The number of aliphatic imine (C=N–C) groups is 1. The lowest BCUT2D eigenvalue weighted by molar-refractivity contribution is 0.277. The van der Waals surface area contributed by atoms with E-state index in [1.165, 1.54) is 25.0 Å². The van der Waals surface area contributed by atoms with Gasteiger partial charge < -0.3 is 15.5 Å². The highest BCUT2D eigenvalue weighted by Crippen LogP contribution is 2.25. The van der Waals surface area contributed by atoms with Crippen LogP contribution in [0, 0.1) is 23.5 Å². The van der Waals surface area contributed by atoms with Crippen molar-refractivity contribution in [3.05, 3.63) is 29.8 Å². The average Bonchev–Trinajstić information content (AvgIpc) is 3.05. The minimum absolute atomic E-state index is 0.403. The minimum Gasteiger partial charge on any atom is -0.371 e. The van der Waals surface area contributed by atoms with E-state index in [0.717, 1.165) is 44.2 Å².